The van der Waals surface area contributed by atoms with Crippen LogP contribution in [0.4, 0.5) is 0 Å². The highest BCUT2D eigenvalue weighted by molar-refractivity contribution is 7.89. The molecule has 1 aromatic rings. The van der Waals surface area contributed by atoms with E-state index in [2.05, 4.69) is 4.98 Å². The van der Waals surface area contributed by atoms with E-state index in [4.69, 9.17) is 4.74 Å². The van der Waals surface area contributed by atoms with Gasteiger partial charge in [-0.2, -0.15) is 4.31 Å². The number of sulfonamides is 1. The second-order valence-corrected chi connectivity index (χ2v) is 7.70. The maximum absolute atomic E-state index is 12.7. The first-order valence-electron chi connectivity index (χ1n) is 6.96. The molecule has 1 saturated heterocycles. The van der Waals surface area contributed by atoms with E-state index in [1.165, 1.54) is 29.9 Å². The summed E-state index contributed by atoms with van der Waals surface area (Å²) in [5.41, 5.74) is -1.04. The van der Waals surface area contributed by atoms with Gasteiger partial charge in [0.25, 0.3) is 0 Å². The van der Waals surface area contributed by atoms with Crippen molar-refractivity contribution in [3.8, 4) is 5.75 Å². The normalized spacial score (nSPS) is 22.9. The number of aliphatic carboxylic acids is 1. The van der Waals surface area contributed by atoms with Gasteiger partial charge < -0.3 is 9.84 Å². The molecule has 1 unspecified atom stereocenters. The zero-order valence-corrected chi connectivity index (χ0v) is 13.6. The van der Waals surface area contributed by atoms with Crippen molar-refractivity contribution in [3.63, 3.8) is 0 Å². The Morgan fingerprint density at radius 1 is 1.45 bits per heavy atom. The molecular formula is C14H20N2O5S. The number of hydrogen-bond acceptors (Lipinski definition) is 5. The standard InChI is InChI=1S/C14H20N2O5S/c1-10(2)14(13(17)18)4-5-16(9-14)22(19,20)12-6-11(21-3)7-15-8-12/h6-8,10H,4-5,9H2,1-3H3,(H,17,18). The monoisotopic (exact) mass is 328 g/mol. The molecule has 0 saturated carbocycles. The zero-order chi connectivity index (χ0) is 16.5. The van der Waals surface area contributed by atoms with Gasteiger partial charge in [0.05, 0.1) is 18.7 Å². The van der Waals surface area contributed by atoms with Gasteiger partial charge in [0.15, 0.2) is 0 Å². The van der Waals surface area contributed by atoms with E-state index >= 15 is 0 Å². The quantitative estimate of drug-likeness (QED) is 0.872. The lowest BCUT2D eigenvalue weighted by Gasteiger charge is -2.28. The van der Waals surface area contributed by atoms with Gasteiger partial charge in [-0.1, -0.05) is 13.8 Å². The number of nitrogens with zero attached hydrogens (tertiary/aromatic N) is 2. The average molecular weight is 328 g/mol. The fourth-order valence-electron chi connectivity index (χ4n) is 2.70. The van der Waals surface area contributed by atoms with Crippen LogP contribution in [0.3, 0.4) is 0 Å². The van der Waals surface area contributed by atoms with Crippen LogP contribution in [0, 0.1) is 11.3 Å². The second kappa shape index (κ2) is 5.85. The molecule has 1 atom stereocenters. The minimum absolute atomic E-state index is 0.0109. The van der Waals surface area contributed by atoms with Crippen molar-refractivity contribution in [1.82, 2.24) is 9.29 Å². The summed E-state index contributed by atoms with van der Waals surface area (Å²) in [5.74, 6) is -0.772. The highest BCUT2D eigenvalue weighted by atomic mass is 32.2. The van der Waals surface area contributed by atoms with Gasteiger partial charge in [-0.3, -0.25) is 9.78 Å². The van der Waals surface area contributed by atoms with E-state index in [0.29, 0.717) is 12.2 Å². The van der Waals surface area contributed by atoms with Crippen LogP contribution in [0.5, 0.6) is 5.75 Å². The summed E-state index contributed by atoms with van der Waals surface area (Å²) in [6.07, 6.45) is 2.96. The van der Waals surface area contributed by atoms with E-state index in [1.54, 1.807) is 13.8 Å². The lowest BCUT2D eigenvalue weighted by Crippen LogP contribution is -2.40. The van der Waals surface area contributed by atoms with Crippen molar-refractivity contribution < 1.29 is 23.1 Å². The molecule has 7 nitrogen and oxygen atoms in total. The molecule has 2 heterocycles. The fraction of sp³-hybridized carbons (Fsp3) is 0.571. The van der Waals surface area contributed by atoms with Crippen LogP contribution in [0.15, 0.2) is 23.4 Å². The molecule has 0 spiro atoms. The van der Waals surface area contributed by atoms with Crippen LogP contribution in [-0.2, 0) is 14.8 Å². The number of rotatable bonds is 5. The Kier molecular flexibility index (Phi) is 4.44. The Morgan fingerprint density at radius 2 is 2.14 bits per heavy atom. The molecule has 1 N–H and O–H groups in total. The number of hydrogen-bond donors (Lipinski definition) is 1. The molecule has 0 bridgehead atoms. The van der Waals surface area contributed by atoms with Crippen LogP contribution >= 0.6 is 0 Å². The Morgan fingerprint density at radius 3 is 2.64 bits per heavy atom. The summed E-state index contributed by atoms with van der Waals surface area (Å²) in [5, 5.41) is 9.52. The number of pyridine rings is 1. The SMILES string of the molecule is COc1cncc(S(=O)(=O)N2CCC(C(=O)O)(C(C)C)C2)c1. The molecule has 0 amide bonds. The summed E-state index contributed by atoms with van der Waals surface area (Å²) in [6.45, 7) is 3.76. The van der Waals surface area contributed by atoms with E-state index < -0.39 is 21.4 Å². The molecule has 1 aromatic heterocycles. The molecule has 8 heteroatoms. The molecule has 22 heavy (non-hydrogen) atoms. The summed E-state index contributed by atoms with van der Waals surface area (Å²) >= 11 is 0. The highest BCUT2D eigenvalue weighted by Crippen LogP contribution is 2.40. The number of aromatic nitrogens is 1. The van der Waals surface area contributed by atoms with Crippen molar-refractivity contribution in [2.24, 2.45) is 11.3 Å². The lowest BCUT2D eigenvalue weighted by atomic mass is 9.77. The molecule has 1 aliphatic heterocycles. The van der Waals surface area contributed by atoms with Crippen LogP contribution in [0.25, 0.3) is 0 Å². The number of carbonyl (C=O) groups is 1. The predicted octanol–water partition coefficient (Wildman–Crippen LogP) is 1.21. The van der Waals surface area contributed by atoms with E-state index in [9.17, 15) is 18.3 Å². The second-order valence-electron chi connectivity index (χ2n) is 5.77. The van der Waals surface area contributed by atoms with Gasteiger partial charge in [0.1, 0.15) is 10.6 Å². The maximum atomic E-state index is 12.7. The van der Waals surface area contributed by atoms with Crippen molar-refractivity contribution in [1.29, 1.82) is 0 Å². The minimum atomic E-state index is -3.78. The fourth-order valence-corrected chi connectivity index (χ4v) is 4.18. The Labute approximate surface area is 130 Å². The third-order valence-electron chi connectivity index (χ3n) is 4.36. The molecule has 2 rings (SSSR count). The van der Waals surface area contributed by atoms with Crippen molar-refractivity contribution in [2.45, 2.75) is 25.2 Å². The Hall–Kier alpha value is -1.67. The summed E-state index contributed by atoms with van der Waals surface area (Å²) in [7, 11) is -2.35. The smallest absolute Gasteiger partial charge is 0.311 e. The molecule has 0 aromatic carbocycles. The van der Waals surface area contributed by atoms with Gasteiger partial charge >= 0.3 is 5.97 Å². The first kappa shape index (κ1) is 16.7. The predicted molar refractivity (Wildman–Crippen MR) is 79.1 cm³/mol. The summed E-state index contributed by atoms with van der Waals surface area (Å²) in [6, 6.07) is 1.39. The van der Waals surface area contributed by atoms with Crippen LogP contribution in [-0.4, -0.2) is 49.0 Å². The molecule has 1 fully saturated rings. The summed E-state index contributed by atoms with van der Waals surface area (Å²) < 4.78 is 31.6. The van der Waals surface area contributed by atoms with Crippen molar-refractivity contribution in [2.75, 3.05) is 20.2 Å². The zero-order valence-electron chi connectivity index (χ0n) is 12.8. The number of carboxylic acid groups (broad SMARTS) is 1. The van der Waals surface area contributed by atoms with Crippen LogP contribution in [0.2, 0.25) is 0 Å². The molecule has 1 aliphatic rings. The van der Waals surface area contributed by atoms with Gasteiger partial charge in [-0.05, 0) is 12.3 Å². The highest BCUT2D eigenvalue weighted by Gasteiger charge is 2.50. The first-order valence-corrected chi connectivity index (χ1v) is 8.40. The maximum Gasteiger partial charge on any atom is 0.311 e. The number of ether oxygens (including phenoxy) is 1. The van der Waals surface area contributed by atoms with Gasteiger partial charge in [-0.15, -0.1) is 0 Å². The number of methoxy groups -OCH3 is 1. The van der Waals surface area contributed by atoms with E-state index in [1.807, 2.05) is 0 Å². The topological polar surface area (TPSA) is 96.8 Å². The molecule has 0 aliphatic carbocycles. The van der Waals surface area contributed by atoms with Crippen molar-refractivity contribution >= 4 is 16.0 Å². The van der Waals surface area contributed by atoms with Gasteiger partial charge in [0.2, 0.25) is 10.0 Å². The van der Waals surface area contributed by atoms with Crippen LogP contribution in [0.1, 0.15) is 20.3 Å². The van der Waals surface area contributed by atoms with Crippen molar-refractivity contribution in [3.05, 3.63) is 18.5 Å². The third kappa shape index (κ3) is 2.68. The lowest BCUT2D eigenvalue weighted by molar-refractivity contribution is -0.150. The average Bonchev–Trinajstić information content (AvgIpc) is 2.94. The Balaban J connectivity index is 2.34. The largest absolute Gasteiger partial charge is 0.495 e. The van der Waals surface area contributed by atoms with Gasteiger partial charge in [-0.25, -0.2) is 8.42 Å². The Bertz CT molecular complexity index is 674. The summed E-state index contributed by atoms with van der Waals surface area (Å²) in [4.78, 5) is 15.5. The minimum Gasteiger partial charge on any atom is -0.495 e. The van der Waals surface area contributed by atoms with Crippen LogP contribution < -0.4 is 4.74 Å². The molecular weight excluding hydrogens is 308 g/mol. The van der Waals surface area contributed by atoms with E-state index in [0.717, 1.165) is 0 Å². The molecule has 0 radical (unpaired) electrons. The number of carboxylic acids is 1. The molecule has 122 valence electrons. The van der Waals surface area contributed by atoms with E-state index in [-0.39, 0.29) is 23.9 Å². The third-order valence-corrected chi connectivity index (χ3v) is 6.17. The first-order chi connectivity index (χ1) is 10.2. The van der Waals surface area contributed by atoms with Gasteiger partial charge in [0, 0.05) is 25.4 Å².